The van der Waals surface area contributed by atoms with Gasteiger partial charge >= 0.3 is 0 Å². The summed E-state index contributed by atoms with van der Waals surface area (Å²) < 4.78 is 0. The Morgan fingerprint density at radius 3 is 2.79 bits per heavy atom. The van der Waals surface area contributed by atoms with Gasteiger partial charge < -0.3 is 5.73 Å². The summed E-state index contributed by atoms with van der Waals surface area (Å²) in [5.74, 6) is 2.45. The second-order valence-electron chi connectivity index (χ2n) is 7.44. The van der Waals surface area contributed by atoms with Crippen molar-refractivity contribution in [1.82, 2.24) is 0 Å². The molecule has 0 amide bonds. The van der Waals surface area contributed by atoms with E-state index >= 15 is 0 Å². The van der Waals surface area contributed by atoms with Crippen molar-refractivity contribution in [1.29, 1.82) is 0 Å². The molecule has 1 fully saturated rings. The van der Waals surface area contributed by atoms with Crippen molar-refractivity contribution in [3.63, 3.8) is 0 Å². The van der Waals surface area contributed by atoms with Gasteiger partial charge in [0, 0.05) is 23.4 Å². The van der Waals surface area contributed by atoms with Crippen molar-refractivity contribution >= 4 is 23.1 Å². The zero-order chi connectivity index (χ0) is 16.7. The van der Waals surface area contributed by atoms with Crippen LogP contribution in [0.1, 0.15) is 44.6 Å². The third kappa shape index (κ3) is 2.93. The van der Waals surface area contributed by atoms with Gasteiger partial charge in [0.1, 0.15) is 5.84 Å². The standard InChI is InChI=1S/C20H24ClN3/c1-13-2-4-14(5-3-13)19-8-9-23-20-12-17(22)11-15-10-16(21)6-7-18(15)24(19)20/h6-7,9-10,13-14,17H,2-5,11-12,22H2,1H3. The Bertz CT molecular complexity index is 737. The molecule has 2 heterocycles. The number of hydrogen-bond donors (Lipinski definition) is 1. The molecule has 0 spiro atoms. The Balaban J connectivity index is 1.76. The fraction of sp³-hybridized carbons (Fsp3) is 0.500. The van der Waals surface area contributed by atoms with Crippen molar-refractivity contribution in [3.05, 3.63) is 46.4 Å². The maximum atomic E-state index is 6.35. The first-order chi connectivity index (χ1) is 11.6. The van der Waals surface area contributed by atoms with Gasteiger partial charge in [0.2, 0.25) is 0 Å². The quantitative estimate of drug-likeness (QED) is 0.755. The van der Waals surface area contributed by atoms with Crippen molar-refractivity contribution in [2.75, 3.05) is 4.90 Å². The summed E-state index contributed by atoms with van der Waals surface area (Å²) in [6.45, 7) is 2.36. The van der Waals surface area contributed by atoms with E-state index in [2.05, 4.69) is 34.7 Å². The number of nitrogens with two attached hydrogens (primary N) is 1. The molecular formula is C20H24ClN3. The summed E-state index contributed by atoms with van der Waals surface area (Å²) in [6, 6.07) is 6.21. The van der Waals surface area contributed by atoms with Crippen molar-refractivity contribution < 1.29 is 0 Å². The topological polar surface area (TPSA) is 41.6 Å². The number of halogens is 1. The number of benzene rings is 1. The summed E-state index contributed by atoms with van der Waals surface area (Å²) in [4.78, 5) is 6.93. The van der Waals surface area contributed by atoms with Crippen LogP contribution in [0.25, 0.3) is 0 Å². The molecule has 1 aliphatic carbocycles. The molecule has 4 heteroatoms. The van der Waals surface area contributed by atoms with Crippen LogP contribution in [0.2, 0.25) is 5.02 Å². The Morgan fingerprint density at radius 1 is 1.21 bits per heavy atom. The molecule has 2 aliphatic heterocycles. The lowest BCUT2D eigenvalue weighted by Gasteiger charge is -2.36. The predicted molar refractivity (Wildman–Crippen MR) is 100 cm³/mol. The molecule has 1 aromatic carbocycles. The van der Waals surface area contributed by atoms with E-state index in [0.717, 1.165) is 29.6 Å². The number of fused-ring (bicyclic) bond motifs is 3. The molecule has 0 radical (unpaired) electrons. The normalized spacial score (nSPS) is 29.3. The van der Waals surface area contributed by atoms with E-state index in [1.54, 1.807) is 0 Å². The van der Waals surface area contributed by atoms with E-state index in [1.165, 1.54) is 42.6 Å². The summed E-state index contributed by atoms with van der Waals surface area (Å²) in [5, 5.41) is 0.769. The van der Waals surface area contributed by atoms with E-state index in [-0.39, 0.29) is 6.04 Å². The molecule has 1 aromatic rings. The number of rotatable bonds is 1. The highest BCUT2D eigenvalue weighted by Crippen LogP contribution is 2.40. The van der Waals surface area contributed by atoms with Crippen LogP contribution in [0.4, 0.5) is 5.69 Å². The summed E-state index contributed by atoms with van der Waals surface area (Å²) in [6.07, 6.45) is 8.52. The van der Waals surface area contributed by atoms with Gasteiger partial charge in [-0.2, -0.15) is 0 Å². The van der Waals surface area contributed by atoms with Crippen LogP contribution in [0, 0.1) is 11.8 Å². The van der Waals surface area contributed by atoms with Gasteiger partial charge in [-0.3, -0.25) is 4.90 Å². The third-order valence-electron chi connectivity index (χ3n) is 5.54. The van der Waals surface area contributed by atoms with Crippen LogP contribution in [-0.4, -0.2) is 11.9 Å². The summed E-state index contributed by atoms with van der Waals surface area (Å²) in [7, 11) is 0. The lowest BCUT2D eigenvalue weighted by Crippen LogP contribution is -2.37. The molecule has 3 nitrogen and oxygen atoms in total. The van der Waals surface area contributed by atoms with Crippen LogP contribution >= 0.6 is 11.6 Å². The van der Waals surface area contributed by atoms with Gasteiger partial charge in [-0.25, -0.2) is 4.99 Å². The van der Waals surface area contributed by atoms with Crippen molar-refractivity contribution in [3.8, 4) is 0 Å². The lowest BCUT2D eigenvalue weighted by molar-refractivity contribution is 0.318. The molecule has 0 bridgehead atoms. The first kappa shape index (κ1) is 16.0. The second kappa shape index (κ2) is 6.40. The monoisotopic (exact) mass is 341 g/mol. The minimum atomic E-state index is 0.0742. The molecule has 126 valence electrons. The highest BCUT2D eigenvalue weighted by molar-refractivity contribution is 6.30. The largest absolute Gasteiger partial charge is 0.327 e. The fourth-order valence-electron chi connectivity index (χ4n) is 4.21. The molecule has 3 aliphatic rings. The number of amidine groups is 1. The molecule has 2 N–H and O–H groups in total. The van der Waals surface area contributed by atoms with Crippen LogP contribution < -0.4 is 10.6 Å². The van der Waals surface area contributed by atoms with Gasteiger partial charge in [-0.05, 0) is 48.9 Å². The zero-order valence-corrected chi connectivity index (χ0v) is 14.9. The van der Waals surface area contributed by atoms with Gasteiger partial charge in [-0.1, -0.05) is 37.1 Å². The number of anilines is 1. The molecule has 0 aromatic heterocycles. The third-order valence-corrected chi connectivity index (χ3v) is 5.77. The van der Waals surface area contributed by atoms with Crippen LogP contribution in [0.15, 0.2) is 40.8 Å². The molecule has 1 unspecified atom stereocenters. The van der Waals surface area contributed by atoms with Crippen molar-refractivity contribution in [2.45, 2.75) is 51.5 Å². The van der Waals surface area contributed by atoms with E-state index < -0.39 is 0 Å². The van der Waals surface area contributed by atoms with Crippen molar-refractivity contribution in [2.24, 2.45) is 22.6 Å². The predicted octanol–water partition coefficient (Wildman–Crippen LogP) is 4.65. The summed E-state index contributed by atoms with van der Waals surface area (Å²) in [5.41, 5.74) is 13.5. The SMILES string of the molecule is CC1CCC(C2=C=CN=C3CC(N)Cc4cc(Cl)ccc4N23)CC1. The second-order valence-corrected chi connectivity index (χ2v) is 7.87. The van der Waals surface area contributed by atoms with Gasteiger partial charge in [0.25, 0.3) is 0 Å². The number of allylic oxidation sites excluding steroid dienone is 1. The molecule has 4 rings (SSSR count). The van der Waals surface area contributed by atoms with Crippen LogP contribution in [0.5, 0.6) is 0 Å². The molecule has 1 atom stereocenters. The van der Waals surface area contributed by atoms with E-state index in [0.29, 0.717) is 5.92 Å². The number of aliphatic imine (C=N–C) groups is 1. The highest BCUT2D eigenvalue weighted by Gasteiger charge is 2.33. The number of hydrogen-bond acceptors (Lipinski definition) is 3. The average Bonchev–Trinajstić information content (AvgIpc) is 2.70. The van der Waals surface area contributed by atoms with Gasteiger partial charge in [0.05, 0.1) is 17.6 Å². The Kier molecular flexibility index (Phi) is 4.26. The zero-order valence-electron chi connectivity index (χ0n) is 14.1. The molecule has 1 saturated carbocycles. The van der Waals surface area contributed by atoms with Crippen LogP contribution in [-0.2, 0) is 6.42 Å². The lowest BCUT2D eigenvalue weighted by atomic mass is 9.81. The van der Waals surface area contributed by atoms with Crippen LogP contribution in [0.3, 0.4) is 0 Å². The molecule has 0 saturated heterocycles. The molecule has 24 heavy (non-hydrogen) atoms. The Morgan fingerprint density at radius 2 is 2.00 bits per heavy atom. The first-order valence-corrected chi connectivity index (χ1v) is 9.35. The van der Waals surface area contributed by atoms with E-state index in [4.69, 9.17) is 17.3 Å². The summed E-state index contributed by atoms with van der Waals surface area (Å²) >= 11 is 6.24. The smallest absolute Gasteiger partial charge is 0.116 e. The first-order valence-electron chi connectivity index (χ1n) is 8.97. The Labute approximate surface area is 148 Å². The van der Waals surface area contributed by atoms with Gasteiger partial charge in [-0.15, -0.1) is 0 Å². The fourth-order valence-corrected chi connectivity index (χ4v) is 4.40. The van der Waals surface area contributed by atoms with Gasteiger partial charge in [0.15, 0.2) is 0 Å². The maximum Gasteiger partial charge on any atom is 0.116 e. The minimum Gasteiger partial charge on any atom is -0.327 e. The average molecular weight is 342 g/mol. The highest BCUT2D eigenvalue weighted by atomic mass is 35.5. The maximum absolute atomic E-state index is 6.35. The molecular weight excluding hydrogens is 318 g/mol. The number of nitrogens with zero attached hydrogens (tertiary/aromatic N) is 2. The minimum absolute atomic E-state index is 0.0742. The van der Waals surface area contributed by atoms with E-state index in [1.807, 2.05) is 12.3 Å². The van der Waals surface area contributed by atoms with E-state index in [9.17, 15) is 0 Å². The Hall–Kier alpha value is -1.54.